The van der Waals surface area contributed by atoms with E-state index in [4.69, 9.17) is 0 Å². The lowest BCUT2D eigenvalue weighted by atomic mass is 10.1. The molecule has 1 N–H and O–H groups in total. The van der Waals surface area contributed by atoms with Crippen molar-refractivity contribution in [3.63, 3.8) is 0 Å². The molecule has 3 rings (SSSR count). The highest BCUT2D eigenvalue weighted by Gasteiger charge is 2.10. The van der Waals surface area contributed by atoms with Crippen molar-refractivity contribution in [2.24, 2.45) is 0 Å². The first kappa shape index (κ1) is 12.0. The maximum absolute atomic E-state index is 4.33. The van der Waals surface area contributed by atoms with Gasteiger partial charge in [-0.05, 0) is 36.9 Å². The van der Waals surface area contributed by atoms with E-state index in [9.17, 15) is 0 Å². The summed E-state index contributed by atoms with van der Waals surface area (Å²) in [6.07, 6.45) is 3.50. The van der Waals surface area contributed by atoms with Gasteiger partial charge in [0.25, 0.3) is 0 Å². The number of aromatic nitrogens is 3. The molecule has 0 saturated heterocycles. The van der Waals surface area contributed by atoms with Gasteiger partial charge in [0.15, 0.2) is 0 Å². The highest BCUT2D eigenvalue weighted by atomic mass is 32.1. The van der Waals surface area contributed by atoms with Crippen molar-refractivity contribution in [3.8, 4) is 0 Å². The van der Waals surface area contributed by atoms with E-state index in [0.29, 0.717) is 0 Å². The van der Waals surface area contributed by atoms with Gasteiger partial charge in [-0.1, -0.05) is 6.07 Å². The van der Waals surface area contributed by atoms with E-state index in [1.807, 2.05) is 30.6 Å². The summed E-state index contributed by atoms with van der Waals surface area (Å²) in [5.74, 6) is 0.874. The van der Waals surface area contributed by atoms with Gasteiger partial charge in [0.1, 0.15) is 17.0 Å². The summed E-state index contributed by atoms with van der Waals surface area (Å²) >= 11 is 1.62. The van der Waals surface area contributed by atoms with Crippen LogP contribution in [0.25, 0.3) is 10.2 Å². The molecule has 3 aromatic rings. The molecule has 4 nitrogen and oxygen atoms in total. The number of fused-ring (bicyclic) bond motifs is 1. The van der Waals surface area contributed by atoms with Crippen LogP contribution in [0, 0.1) is 6.92 Å². The van der Waals surface area contributed by atoms with Gasteiger partial charge in [-0.15, -0.1) is 11.3 Å². The molecule has 0 radical (unpaired) electrons. The lowest BCUT2D eigenvalue weighted by Gasteiger charge is -2.15. The minimum atomic E-state index is 0.158. The minimum absolute atomic E-state index is 0.158. The molecule has 3 heterocycles. The number of hydrogen-bond acceptors (Lipinski definition) is 5. The number of thiophene rings is 1. The van der Waals surface area contributed by atoms with Crippen LogP contribution in [0.3, 0.4) is 0 Å². The van der Waals surface area contributed by atoms with Crippen LogP contribution >= 0.6 is 11.3 Å². The molecule has 0 bridgehead atoms. The zero-order valence-corrected chi connectivity index (χ0v) is 11.6. The molecule has 0 aromatic carbocycles. The quantitative estimate of drug-likeness (QED) is 0.790. The summed E-state index contributed by atoms with van der Waals surface area (Å²) in [6, 6.07) is 6.31. The molecule has 0 spiro atoms. The Hall–Kier alpha value is -2.01. The van der Waals surface area contributed by atoms with Crippen LogP contribution in [0.15, 0.2) is 36.1 Å². The predicted octanol–water partition coefficient (Wildman–Crippen LogP) is 3.57. The molecule has 0 aliphatic heterocycles. The smallest absolute Gasteiger partial charge is 0.138 e. The van der Waals surface area contributed by atoms with E-state index in [0.717, 1.165) is 27.3 Å². The van der Waals surface area contributed by atoms with Crippen LogP contribution in [0.1, 0.15) is 24.2 Å². The summed E-state index contributed by atoms with van der Waals surface area (Å²) in [7, 11) is 0. The van der Waals surface area contributed by atoms with Crippen molar-refractivity contribution in [3.05, 3.63) is 47.4 Å². The molecule has 96 valence electrons. The van der Waals surface area contributed by atoms with Crippen LogP contribution < -0.4 is 5.32 Å². The second-order valence-electron chi connectivity index (χ2n) is 4.46. The standard InChI is InChI=1S/C14H14N4S/c1-9-3-4-11(7-15-9)10(2)18-13-12-5-6-19-14(12)17-8-16-13/h3-8,10H,1-2H3,(H,16,17,18)/t10-/m1/s1. The Bertz CT molecular complexity index is 690. The largest absolute Gasteiger partial charge is 0.363 e. The van der Waals surface area contributed by atoms with Crippen LogP contribution in [-0.2, 0) is 0 Å². The molecule has 1 atom stereocenters. The normalized spacial score (nSPS) is 12.5. The third-order valence-corrected chi connectivity index (χ3v) is 3.87. The molecule has 5 heteroatoms. The number of pyridine rings is 1. The van der Waals surface area contributed by atoms with Crippen molar-refractivity contribution in [2.75, 3.05) is 5.32 Å². The number of nitrogens with zero attached hydrogens (tertiary/aromatic N) is 3. The van der Waals surface area contributed by atoms with Gasteiger partial charge in [-0.2, -0.15) is 0 Å². The van der Waals surface area contributed by atoms with Gasteiger partial charge in [0.2, 0.25) is 0 Å². The number of hydrogen-bond donors (Lipinski definition) is 1. The zero-order valence-electron chi connectivity index (χ0n) is 10.8. The Balaban J connectivity index is 1.88. The van der Waals surface area contributed by atoms with E-state index in [2.05, 4.69) is 33.3 Å². The van der Waals surface area contributed by atoms with Gasteiger partial charge in [-0.25, -0.2) is 9.97 Å². The Kier molecular flexibility index (Phi) is 3.13. The molecular weight excluding hydrogens is 256 g/mol. The molecule has 0 fully saturated rings. The SMILES string of the molecule is Cc1ccc([C@@H](C)Nc2ncnc3sccc23)cn1. The molecular formula is C14H14N4S. The molecule has 19 heavy (non-hydrogen) atoms. The summed E-state index contributed by atoms with van der Waals surface area (Å²) < 4.78 is 0. The number of aryl methyl sites for hydroxylation is 1. The Labute approximate surface area is 115 Å². The third kappa shape index (κ3) is 2.42. The van der Waals surface area contributed by atoms with Crippen LogP contribution in [0.2, 0.25) is 0 Å². The lowest BCUT2D eigenvalue weighted by molar-refractivity contribution is 0.865. The minimum Gasteiger partial charge on any atom is -0.363 e. The average molecular weight is 270 g/mol. The maximum Gasteiger partial charge on any atom is 0.138 e. The molecule has 0 aliphatic rings. The fourth-order valence-corrected chi connectivity index (χ4v) is 2.66. The van der Waals surface area contributed by atoms with Gasteiger partial charge in [0.05, 0.1) is 11.4 Å². The highest BCUT2D eigenvalue weighted by molar-refractivity contribution is 7.16. The van der Waals surface area contributed by atoms with Crippen molar-refractivity contribution in [1.29, 1.82) is 0 Å². The molecule has 0 saturated carbocycles. The van der Waals surface area contributed by atoms with Crippen LogP contribution in [0.5, 0.6) is 0 Å². The first-order valence-corrected chi connectivity index (χ1v) is 6.99. The van der Waals surface area contributed by atoms with Gasteiger partial charge in [-0.3, -0.25) is 4.98 Å². The highest BCUT2D eigenvalue weighted by Crippen LogP contribution is 2.26. The second kappa shape index (κ2) is 4.93. The molecule has 3 aromatic heterocycles. The van der Waals surface area contributed by atoms with Crippen molar-refractivity contribution < 1.29 is 0 Å². The lowest BCUT2D eigenvalue weighted by Crippen LogP contribution is -2.08. The fraction of sp³-hybridized carbons (Fsp3) is 0.214. The summed E-state index contributed by atoms with van der Waals surface area (Å²) in [5.41, 5.74) is 2.17. The summed E-state index contributed by atoms with van der Waals surface area (Å²) in [4.78, 5) is 13.9. The van der Waals surface area contributed by atoms with Crippen molar-refractivity contribution >= 4 is 27.4 Å². The predicted molar refractivity (Wildman–Crippen MR) is 78.4 cm³/mol. The topological polar surface area (TPSA) is 50.7 Å². The van der Waals surface area contributed by atoms with Crippen LogP contribution in [-0.4, -0.2) is 15.0 Å². The van der Waals surface area contributed by atoms with Crippen molar-refractivity contribution in [2.45, 2.75) is 19.9 Å². The Morgan fingerprint density at radius 1 is 1.16 bits per heavy atom. The first-order valence-electron chi connectivity index (χ1n) is 6.11. The Morgan fingerprint density at radius 3 is 2.84 bits per heavy atom. The first-order chi connectivity index (χ1) is 9.24. The number of anilines is 1. The van der Waals surface area contributed by atoms with Gasteiger partial charge >= 0.3 is 0 Å². The van der Waals surface area contributed by atoms with Crippen LogP contribution in [0.4, 0.5) is 5.82 Å². The average Bonchev–Trinajstić information content (AvgIpc) is 2.89. The second-order valence-corrected chi connectivity index (χ2v) is 5.36. The van der Waals surface area contributed by atoms with E-state index < -0.39 is 0 Å². The maximum atomic E-state index is 4.33. The molecule has 0 amide bonds. The number of nitrogens with one attached hydrogen (secondary N) is 1. The van der Waals surface area contributed by atoms with Gasteiger partial charge < -0.3 is 5.32 Å². The van der Waals surface area contributed by atoms with E-state index in [1.165, 1.54) is 0 Å². The van der Waals surface area contributed by atoms with Crippen molar-refractivity contribution in [1.82, 2.24) is 15.0 Å². The molecule has 0 unspecified atom stereocenters. The third-order valence-electron chi connectivity index (χ3n) is 3.05. The summed E-state index contributed by atoms with van der Waals surface area (Å²) in [5, 5.41) is 6.52. The fourth-order valence-electron chi connectivity index (χ4n) is 1.93. The monoisotopic (exact) mass is 270 g/mol. The van der Waals surface area contributed by atoms with E-state index in [1.54, 1.807) is 17.7 Å². The van der Waals surface area contributed by atoms with E-state index in [-0.39, 0.29) is 6.04 Å². The number of rotatable bonds is 3. The zero-order chi connectivity index (χ0) is 13.2. The summed E-state index contributed by atoms with van der Waals surface area (Å²) in [6.45, 7) is 4.09. The Morgan fingerprint density at radius 2 is 2.05 bits per heavy atom. The molecule has 0 aliphatic carbocycles. The van der Waals surface area contributed by atoms with E-state index >= 15 is 0 Å². The van der Waals surface area contributed by atoms with Gasteiger partial charge in [0, 0.05) is 11.9 Å².